The van der Waals surface area contributed by atoms with Crippen LogP contribution in [0.25, 0.3) is 11.3 Å². The SMILES string of the molecule is CC(C)c1ccc(-c2csc(N(Cc3cccs3)Cc3ccccc3C#N)n2)cc1. The van der Waals surface area contributed by atoms with Crippen molar-refractivity contribution in [3.05, 3.63) is 93.0 Å². The lowest BCUT2D eigenvalue weighted by molar-refractivity contribution is 0.803. The van der Waals surface area contributed by atoms with Gasteiger partial charge in [0.1, 0.15) is 0 Å². The van der Waals surface area contributed by atoms with Gasteiger partial charge < -0.3 is 4.90 Å². The van der Waals surface area contributed by atoms with Crippen molar-refractivity contribution in [2.45, 2.75) is 32.9 Å². The molecule has 2 aromatic carbocycles. The van der Waals surface area contributed by atoms with Crippen LogP contribution in [0.2, 0.25) is 0 Å². The molecule has 2 heterocycles. The fourth-order valence-electron chi connectivity index (χ4n) is 3.34. The van der Waals surface area contributed by atoms with E-state index < -0.39 is 0 Å². The summed E-state index contributed by atoms with van der Waals surface area (Å²) in [5.41, 5.74) is 5.21. The first-order valence-electron chi connectivity index (χ1n) is 9.95. The van der Waals surface area contributed by atoms with E-state index in [1.165, 1.54) is 10.4 Å². The summed E-state index contributed by atoms with van der Waals surface area (Å²) in [6.45, 7) is 5.84. The third-order valence-corrected chi connectivity index (χ3v) is 6.82. The molecule has 0 spiro atoms. The number of aromatic nitrogens is 1. The average molecular weight is 430 g/mol. The Kier molecular flexibility index (Phi) is 6.27. The average Bonchev–Trinajstić information content (AvgIpc) is 3.46. The summed E-state index contributed by atoms with van der Waals surface area (Å²) in [5, 5.41) is 14.7. The van der Waals surface area contributed by atoms with Crippen LogP contribution in [0, 0.1) is 11.3 Å². The van der Waals surface area contributed by atoms with Gasteiger partial charge in [0.25, 0.3) is 0 Å². The molecular weight excluding hydrogens is 406 g/mol. The van der Waals surface area contributed by atoms with Crippen LogP contribution in [0.3, 0.4) is 0 Å². The normalized spacial score (nSPS) is 10.9. The predicted molar refractivity (Wildman–Crippen MR) is 127 cm³/mol. The van der Waals surface area contributed by atoms with Crippen LogP contribution in [0.4, 0.5) is 5.13 Å². The van der Waals surface area contributed by atoms with E-state index >= 15 is 0 Å². The Morgan fingerprint density at radius 3 is 2.47 bits per heavy atom. The van der Waals surface area contributed by atoms with Crippen molar-refractivity contribution < 1.29 is 0 Å². The minimum Gasteiger partial charge on any atom is -0.339 e. The van der Waals surface area contributed by atoms with E-state index in [-0.39, 0.29) is 0 Å². The van der Waals surface area contributed by atoms with Crippen molar-refractivity contribution in [3.63, 3.8) is 0 Å². The fraction of sp³-hybridized carbons (Fsp3) is 0.200. The van der Waals surface area contributed by atoms with Gasteiger partial charge in [0.15, 0.2) is 5.13 Å². The zero-order chi connectivity index (χ0) is 20.9. The van der Waals surface area contributed by atoms with Gasteiger partial charge in [0.2, 0.25) is 0 Å². The van der Waals surface area contributed by atoms with Gasteiger partial charge in [-0.15, -0.1) is 22.7 Å². The quantitative estimate of drug-likeness (QED) is 0.315. The monoisotopic (exact) mass is 429 g/mol. The molecule has 0 aliphatic carbocycles. The lowest BCUT2D eigenvalue weighted by Gasteiger charge is -2.22. The molecule has 0 unspecified atom stereocenters. The van der Waals surface area contributed by atoms with Crippen LogP contribution in [0.5, 0.6) is 0 Å². The minimum atomic E-state index is 0.520. The van der Waals surface area contributed by atoms with Crippen molar-refractivity contribution in [2.75, 3.05) is 4.90 Å². The Hall–Kier alpha value is -2.94. The van der Waals surface area contributed by atoms with E-state index in [0.29, 0.717) is 12.5 Å². The second-order valence-corrected chi connectivity index (χ2v) is 9.37. The second-order valence-electron chi connectivity index (χ2n) is 7.50. The minimum absolute atomic E-state index is 0.520. The van der Waals surface area contributed by atoms with E-state index in [9.17, 15) is 5.26 Å². The van der Waals surface area contributed by atoms with Crippen molar-refractivity contribution >= 4 is 27.8 Å². The molecule has 4 rings (SSSR count). The van der Waals surface area contributed by atoms with Crippen LogP contribution in [-0.2, 0) is 13.1 Å². The molecule has 3 nitrogen and oxygen atoms in total. The Balaban J connectivity index is 1.63. The van der Waals surface area contributed by atoms with Crippen molar-refractivity contribution in [1.29, 1.82) is 5.26 Å². The molecule has 0 saturated heterocycles. The van der Waals surface area contributed by atoms with Gasteiger partial charge in [-0.3, -0.25) is 0 Å². The molecule has 0 N–H and O–H groups in total. The van der Waals surface area contributed by atoms with Crippen molar-refractivity contribution in [2.24, 2.45) is 0 Å². The number of thiazole rings is 1. The Morgan fingerprint density at radius 2 is 1.77 bits per heavy atom. The maximum atomic E-state index is 9.49. The van der Waals surface area contributed by atoms with Crippen molar-refractivity contribution in [1.82, 2.24) is 4.98 Å². The first-order chi connectivity index (χ1) is 14.6. The number of thiophene rings is 1. The van der Waals surface area contributed by atoms with E-state index in [0.717, 1.165) is 34.1 Å². The standard InChI is InChI=1S/C25H23N3S2/c1-18(2)19-9-11-20(12-10-19)24-17-30-25(27-24)28(16-23-8-5-13-29-23)15-22-7-4-3-6-21(22)14-26/h3-13,17-18H,15-16H2,1-2H3. The molecule has 150 valence electrons. The number of hydrogen-bond donors (Lipinski definition) is 0. The van der Waals surface area contributed by atoms with Gasteiger partial charge in [0.05, 0.1) is 23.9 Å². The molecule has 0 amide bonds. The topological polar surface area (TPSA) is 39.9 Å². The third-order valence-electron chi connectivity index (χ3n) is 5.06. The highest BCUT2D eigenvalue weighted by Gasteiger charge is 2.16. The first-order valence-corrected chi connectivity index (χ1v) is 11.7. The van der Waals surface area contributed by atoms with Gasteiger partial charge in [-0.25, -0.2) is 4.98 Å². The Labute approximate surface area is 185 Å². The molecule has 4 aromatic rings. The van der Waals surface area contributed by atoms with Gasteiger partial charge in [0, 0.05) is 22.4 Å². The lowest BCUT2D eigenvalue weighted by Crippen LogP contribution is -2.22. The zero-order valence-corrected chi connectivity index (χ0v) is 18.7. The smallest absolute Gasteiger partial charge is 0.186 e. The molecule has 0 radical (unpaired) electrons. The summed E-state index contributed by atoms with van der Waals surface area (Å²) in [4.78, 5) is 8.50. The third kappa shape index (κ3) is 4.62. The molecule has 0 fully saturated rings. The van der Waals surface area contributed by atoms with Gasteiger partial charge in [-0.05, 0) is 34.6 Å². The van der Waals surface area contributed by atoms with Crippen LogP contribution in [-0.4, -0.2) is 4.98 Å². The number of anilines is 1. The summed E-state index contributed by atoms with van der Waals surface area (Å²) >= 11 is 3.40. The Morgan fingerprint density at radius 1 is 0.967 bits per heavy atom. The number of nitriles is 1. The van der Waals surface area contributed by atoms with E-state index in [1.54, 1.807) is 22.7 Å². The highest BCUT2D eigenvalue weighted by atomic mass is 32.1. The van der Waals surface area contributed by atoms with Crippen molar-refractivity contribution in [3.8, 4) is 17.3 Å². The first kappa shape index (κ1) is 20.3. The van der Waals surface area contributed by atoms with E-state index in [4.69, 9.17) is 4.98 Å². The summed E-state index contributed by atoms with van der Waals surface area (Å²) in [7, 11) is 0. The predicted octanol–water partition coefficient (Wildman–Crippen LogP) is 7.07. The van der Waals surface area contributed by atoms with Crippen LogP contribution >= 0.6 is 22.7 Å². The van der Waals surface area contributed by atoms with E-state index in [2.05, 4.69) is 72.0 Å². The molecule has 0 saturated carbocycles. The molecule has 0 bridgehead atoms. The van der Waals surface area contributed by atoms with Gasteiger partial charge in [-0.2, -0.15) is 5.26 Å². The molecule has 0 atom stereocenters. The summed E-state index contributed by atoms with van der Waals surface area (Å²) in [5.74, 6) is 0.520. The van der Waals surface area contributed by atoms with Gasteiger partial charge in [-0.1, -0.05) is 62.4 Å². The van der Waals surface area contributed by atoms with Crippen LogP contribution in [0.1, 0.15) is 41.3 Å². The fourth-order valence-corrected chi connectivity index (χ4v) is 4.89. The van der Waals surface area contributed by atoms with E-state index in [1.807, 2.05) is 24.3 Å². The molecule has 30 heavy (non-hydrogen) atoms. The molecular formula is C25H23N3S2. The molecule has 0 aliphatic heterocycles. The van der Waals surface area contributed by atoms with Gasteiger partial charge >= 0.3 is 0 Å². The molecule has 2 aromatic heterocycles. The molecule has 0 aliphatic rings. The summed E-state index contributed by atoms with van der Waals surface area (Å²) in [6.07, 6.45) is 0. The number of benzene rings is 2. The maximum Gasteiger partial charge on any atom is 0.186 e. The summed E-state index contributed by atoms with van der Waals surface area (Å²) < 4.78 is 0. The number of hydrogen-bond acceptors (Lipinski definition) is 5. The highest BCUT2D eigenvalue weighted by Crippen LogP contribution is 2.31. The molecule has 5 heteroatoms. The number of nitrogens with zero attached hydrogens (tertiary/aromatic N) is 3. The number of rotatable bonds is 7. The largest absolute Gasteiger partial charge is 0.339 e. The maximum absolute atomic E-state index is 9.49. The highest BCUT2D eigenvalue weighted by molar-refractivity contribution is 7.14. The second kappa shape index (κ2) is 9.25. The van der Waals surface area contributed by atoms with Crippen LogP contribution in [0.15, 0.2) is 71.4 Å². The summed E-state index contributed by atoms with van der Waals surface area (Å²) in [6, 6.07) is 23.0. The zero-order valence-electron chi connectivity index (χ0n) is 17.1. The lowest BCUT2D eigenvalue weighted by atomic mass is 10.0. The van der Waals surface area contributed by atoms with Crippen LogP contribution < -0.4 is 4.90 Å². The Bertz CT molecular complexity index is 1140.